The summed E-state index contributed by atoms with van der Waals surface area (Å²) < 4.78 is 7.17. The highest BCUT2D eigenvalue weighted by Crippen LogP contribution is 2.43. The van der Waals surface area contributed by atoms with Crippen molar-refractivity contribution < 1.29 is 9.32 Å². The normalized spacial score (nSPS) is 21.8. The quantitative estimate of drug-likeness (QED) is 0.452. The van der Waals surface area contributed by atoms with Crippen LogP contribution >= 0.6 is 23.2 Å². The first-order valence-electron chi connectivity index (χ1n) is 10.4. The standard InChI is InChI=1S/C21H18Cl2N8O2/c22-13-5-11(30-8-26-27-9-30)2-3-12(13)21(32)28-17-10-1-4-15(17)31(7-10)20-18-16(14(23)6-25-20)19(24)29-33-18/h2-3,5-6,8-10,15,17H,1,4,7H2,(H2,24,29)(H,28,32)/t10-,15-,17+/m0/s1. The van der Waals surface area contributed by atoms with Crippen molar-refractivity contribution in [2.24, 2.45) is 5.92 Å². The molecule has 2 fully saturated rings. The lowest BCUT2D eigenvalue weighted by Gasteiger charge is -2.28. The molecule has 1 saturated carbocycles. The molecule has 1 aliphatic carbocycles. The zero-order chi connectivity index (χ0) is 22.7. The molecule has 33 heavy (non-hydrogen) atoms. The molecule has 3 atom stereocenters. The van der Waals surface area contributed by atoms with Crippen LogP contribution in [-0.2, 0) is 0 Å². The summed E-state index contributed by atoms with van der Waals surface area (Å²) in [7, 11) is 0. The van der Waals surface area contributed by atoms with E-state index in [-0.39, 0.29) is 29.7 Å². The molecule has 0 spiro atoms. The molecule has 6 rings (SSSR count). The van der Waals surface area contributed by atoms with E-state index in [9.17, 15) is 4.79 Å². The number of rotatable bonds is 4. The smallest absolute Gasteiger partial charge is 0.253 e. The number of fused-ring (bicyclic) bond motifs is 3. The highest BCUT2D eigenvalue weighted by molar-refractivity contribution is 6.36. The molecular formula is C21H18Cl2N8O2. The van der Waals surface area contributed by atoms with Crippen molar-refractivity contribution in [3.63, 3.8) is 0 Å². The van der Waals surface area contributed by atoms with Gasteiger partial charge in [-0.1, -0.05) is 28.4 Å². The van der Waals surface area contributed by atoms with Crippen LogP contribution in [0.15, 0.2) is 41.6 Å². The molecule has 2 aliphatic rings. The first-order chi connectivity index (χ1) is 16.0. The van der Waals surface area contributed by atoms with E-state index in [2.05, 4.69) is 30.6 Å². The summed E-state index contributed by atoms with van der Waals surface area (Å²) >= 11 is 12.7. The number of nitrogens with zero attached hydrogens (tertiary/aromatic N) is 6. The molecule has 1 aromatic carbocycles. The summed E-state index contributed by atoms with van der Waals surface area (Å²) in [6, 6.07) is 5.26. The van der Waals surface area contributed by atoms with Crippen molar-refractivity contribution in [3.8, 4) is 5.69 Å². The number of nitrogens with two attached hydrogens (primary N) is 1. The second-order valence-corrected chi connectivity index (χ2v) is 9.11. The second kappa shape index (κ2) is 7.60. The van der Waals surface area contributed by atoms with Gasteiger partial charge in [0.2, 0.25) is 5.58 Å². The van der Waals surface area contributed by atoms with E-state index in [1.54, 1.807) is 35.6 Å². The Morgan fingerprint density at radius 1 is 1.18 bits per heavy atom. The lowest BCUT2D eigenvalue weighted by atomic mass is 10.1. The Kier molecular flexibility index (Phi) is 4.66. The third-order valence-electron chi connectivity index (χ3n) is 6.53. The van der Waals surface area contributed by atoms with Gasteiger partial charge in [-0.05, 0) is 37.0 Å². The second-order valence-electron chi connectivity index (χ2n) is 8.29. The number of nitrogens with one attached hydrogen (secondary N) is 1. The maximum absolute atomic E-state index is 13.1. The zero-order valence-electron chi connectivity index (χ0n) is 17.2. The summed E-state index contributed by atoms with van der Waals surface area (Å²) in [4.78, 5) is 19.8. The van der Waals surface area contributed by atoms with Crippen molar-refractivity contribution in [2.75, 3.05) is 17.2 Å². The molecule has 3 N–H and O–H groups in total. The number of hydrogen-bond donors (Lipinski definition) is 2. The molecule has 4 aromatic rings. The van der Waals surface area contributed by atoms with Crippen molar-refractivity contribution >= 4 is 51.7 Å². The molecule has 3 aromatic heterocycles. The Morgan fingerprint density at radius 3 is 2.79 bits per heavy atom. The number of anilines is 2. The fraction of sp³-hybridized carbons (Fsp3) is 0.286. The van der Waals surface area contributed by atoms with Gasteiger partial charge in [-0.2, -0.15) is 0 Å². The van der Waals surface area contributed by atoms with Gasteiger partial charge < -0.3 is 20.5 Å². The van der Waals surface area contributed by atoms with Crippen LogP contribution in [0, 0.1) is 5.92 Å². The van der Waals surface area contributed by atoms with Crippen LogP contribution in [0.2, 0.25) is 10.0 Å². The predicted molar refractivity (Wildman–Crippen MR) is 123 cm³/mol. The minimum Gasteiger partial charge on any atom is -0.380 e. The molecular weight excluding hydrogens is 467 g/mol. The first-order valence-corrected chi connectivity index (χ1v) is 11.2. The number of carbonyl (C=O) groups excluding carboxylic acids is 1. The highest BCUT2D eigenvalue weighted by Gasteiger charge is 2.49. The lowest BCUT2D eigenvalue weighted by Crippen LogP contribution is -2.44. The van der Waals surface area contributed by atoms with E-state index in [0.29, 0.717) is 32.4 Å². The Balaban J connectivity index is 1.25. The molecule has 0 unspecified atom stereocenters. The third-order valence-corrected chi connectivity index (χ3v) is 7.13. The number of amides is 1. The van der Waals surface area contributed by atoms with Gasteiger partial charge in [0.1, 0.15) is 12.7 Å². The van der Waals surface area contributed by atoms with Crippen molar-refractivity contribution in [1.82, 2.24) is 30.2 Å². The van der Waals surface area contributed by atoms with Gasteiger partial charge in [-0.25, -0.2) is 4.98 Å². The zero-order valence-corrected chi connectivity index (χ0v) is 18.7. The van der Waals surface area contributed by atoms with Gasteiger partial charge in [0.05, 0.1) is 33.1 Å². The topological polar surface area (TPSA) is 128 Å². The fourth-order valence-electron chi connectivity index (χ4n) is 5.00. The van der Waals surface area contributed by atoms with Crippen LogP contribution < -0.4 is 16.0 Å². The van der Waals surface area contributed by atoms with Gasteiger partial charge in [0.15, 0.2) is 11.6 Å². The molecule has 1 amide bonds. The number of piperidine rings is 1. The minimum atomic E-state index is -0.211. The summed E-state index contributed by atoms with van der Waals surface area (Å²) in [5.41, 5.74) is 7.58. The number of carbonyl (C=O) groups is 1. The Labute approximate surface area is 197 Å². The van der Waals surface area contributed by atoms with Crippen LogP contribution in [0.5, 0.6) is 0 Å². The molecule has 10 nitrogen and oxygen atoms in total. The van der Waals surface area contributed by atoms with Crippen molar-refractivity contribution in [2.45, 2.75) is 24.9 Å². The Bertz CT molecular complexity index is 1370. The highest BCUT2D eigenvalue weighted by atomic mass is 35.5. The summed E-state index contributed by atoms with van der Waals surface area (Å²) in [6.45, 7) is 0.736. The number of nitrogen functional groups attached to an aromatic ring is 1. The number of hydrogen-bond acceptors (Lipinski definition) is 8. The monoisotopic (exact) mass is 484 g/mol. The minimum absolute atomic E-state index is 0.0427. The average molecular weight is 485 g/mol. The average Bonchev–Trinajstić information content (AvgIpc) is 3.60. The molecule has 4 heterocycles. The number of aromatic nitrogens is 5. The van der Waals surface area contributed by atoms with E-state index in [4.69, 9.17) is 33.5 Å². The van der Waals surface area contributed by atoms with Crippen LogP contribution in [0.3, 0.4) is 0 Å². The van der Waals surface area contributed by atoms with Crippen LogP contribution in [0.1, 0.15) is 23.2 Å². The maximum atomic E-state index is 13.1. The molecule has 1 saturated heterocycles. The summed E-state index contributed by atoms with van der Waals surface area (Å²) in [5.74, 6) is 0.942. The fourth-order valence-corrected chi connectivity index (χ4v) is 5.49. The Hall–Kier alpha value is -3.37. The maximum Gasteiger partial charge on any atom is 0.253 e. The predicted octanol–water partition coefficient (Wildman–Crippen LogP) is 3.09. The lowest BCUT2D eigenvalue weighted by molar-refractivity contribution is 0.0932. The van der Waals surface area contributed by atoms with Gasteiger partial charge >= 0.3 is 0 Å². The molecule has 2 bridgehead atoms. The summed E-state index contributed by atoms with van der Waals surface area (Å²) in [5, 5.41) is 15.9. The molecule has 168 valence electrons. The summed E-state index contributed by atoms with van der Waals surface area (Å²) in [6.07, 6.45) is 6.64. The first kappa shape index (κ1) is 20.3. The molecule has 1 aliphatic heterocycles. The molecule has 0 radical (unpaired) electrons. The molecule has 12 heteroatoms. The number of pyridine rings is 1. The number of halogens is 2. The third kappa shape index (κ3) is 3.20. The van der Waals surface area contributed by atoms with Gasteiger partial charge in [0.25, 0.3) is 5.91 Å². The Morgan fingerprint density at radius 2 is 2.00 bits per heavy atom. The SMILES string of the molecule is Nc1noc2c(N3C[C@@H]4CC[C@H]3[C@@H]4NC(=O)c3ccc(-n4cnnc4)cc3Cl)ncc(Cl)c12. The van der Waals surface area contributed by atoms with E-state index in [1.165, 1.54) is 0 Å². The van der Waals surface area contributed by atoms with Gasteiger partial charge in [-0.3, -0.25) is 9.36 Å². The van der Waals surface area contributed by atoms with E-state index in [1.807, 2.05) is 6.07 Å². The van der Waals surface area contributed by atoms with Crippen LogP contribution in [0.4, 0.5) is 11.6 Å². The van der Waals surface area contributed by atoms with Crippen LogP contribution in [0.25, 0.3) is 16.7 Å². The largest absolute Gasteiger partial charge is 0.380 e. The van der Waals surface area contributed by atoms with Crippen LogP contribution in [-0.4, -0.2) is 49.4 Å². The van der Waals surface area contributed by atoms with Crippen molar-refractivity contribution in [1.29, 1.82) is 0 Å². The number of benzene rings is 1. The van der Waals surface area contributed by atoms with E-state index < -0.39 is 0 Å². The van der Waals surface area contributed by atoms with Crippen molar-refractivity contribution in [3.05, 3.63) is 52.7 Å². The van der Waals surface area contributed by atoms with E-state index >= 15 is 0 Å². The van der Waals surface area contributed by atoms with Gasteiger partial charge in [0, 0.05) is 18.4 Å². The van der Waals surface area contributed by atoms with Gasteiger partial charge in [-0.15, -0.1) is 10.2 Å². The van der Waals surface area contributed by atoms with E-state index in [0.717, 1.165) is 25.1 Å².